The molecule has 1 unspecified atom stereocenters. The maximum Gasteiger partial charge on any atom is 0.222 e. The van der Waals surface area contributed by atoms with Gasteiger partial charge < -0.3 is 10.2 Å². The van der Waals surface area contributed by atoms with Crippen LogP contribution in [0.4, 0.5) is 11.8 Å². The van der Waals surface area contributed by atoms with E-state index in [4.69, 9.17) is 0 Å². The van der Waals surface area contributed by atoms with Crippen LogP contribution < -0.4 is 10.2 Å². The summed E-state index contributed by atoms with van der Waals surface area (Å²) in [7, 11) is 0. The first-order valence-corrected chi connectivity index (χ1v) is 7.88. The summed E-state index contributed by atoms with van der Waals surface area (Å²) in [4.78, 5) is 19.7. The second-order valence-corrected chi connectivity index (χ2v) is 5.72. The van der Waals surface area contributed by atoms with E-state index >= 15 is 0 Å². The normalized spacial score (nSPS) is 18.1. The first-order valence-electron chi connectivity index (χ1n) is 7.88. The summed E-state index contributed by atoms with van der Waals surface area (Å²) < 4.78 is 0. The number of anilines is 2. The van der Waals surface area contributed by atoms with Gasteiger partial charge in [-0.15, -0.1) is 0 Å². The van der Waals surface area contributed by atoms with E-state index in [1.807, 2.05) is 24.3 Å². The number of hydrogen-bond donors (Lipinski definition) is 1. The third-order valence-electron chi connectivity index (χ3n) is 4.14. The molecule has 1 aliphatic rings. The third kappa shape index (κ3) is 2.92. The molecular formula is C17H18N6. The van der Waals surface area contributed by atoms with E-state index < -0.39 is 0 Å². The average Bonchev–Trinajstić information content (AvgIpc) is 2.62. The van der Waals surface area contributed by atoms with Gasteiger partial charge >= 0.3 is 0 Å². The van der Waals surface area contributed by atoms with Gasteiger partial charge in [0, 0.05) is 36.9 Å². The zero-order valence-electron chi connectivity index (χ0n) is 12.8. The Morgan fingerprint density at radius 3 is 2.78 bits per heavy atom. The van der Waals surface area contributed by atoms with Gasteiger partial charge in [0.15, 0.2) is 0 Å². The Labute approximate surface area is 134 Å². The average molecular weight is 306 g/mol. The standard InChI is InChI=1S/C17H18N6/c1-2-7-15-14(6-1)16(21-12-20-15)23-10-3-5-13(11-23)22-17-18-8-4-9-19-17/h1-2,4,6-9,12-13H,3,5,10-11H2,(H,18,19,22). The summed E-state index contributed by atoms with van der Waals surface area (Å²) in [6.07, 6.45) is 7.39. The van der Waals surface area contributed by atoms with Crippen LogP contribution in [0, 0.1) is 0 Å². The van der Waals surface area contributed by atoms with Gasteiger partial charge in [-0.05, 0) is 31.0 Å². The highest BCUT2D eigenvalue weighted by atomic mass is 15.2. The van der Waals surface area contributed by atoms with E-state index in [2.05, 4.69) is 36.2 Å². The molecule has 0 bridgehead atoms. The molecule has 1 saturated heterocycles. The van der Waals surface area contributed by atoms with Crippen molar-refractivity contribution in [3.63, 3.8) is 0 Å². The molecule has 23 heavy (non-hydrogen) atoms. The summed E-state index contributed by atoms with van der Waals surface area (Å²) in [5.41, 5.74) is 0.985. The van der Waals surface area contributed by atoms with Crippen molar-refractivity contribution in [2.45, 2.75) is 18.9 Å². The van der Waals surface area contributed by atoms with Crippen LogP contribution in [0.3, 0.4) is 0 Å². The zero-order valence-corrected chi connectivity index (χ0v) is 12.8. The monoisotopic (exact) mass is 306 g/mol. The van der Waals surface area contributed by atoms with Crippen molar-refractivity contribution >= 4 is 22.7 Å². The van der Waals surface area contributed by atoms with Crippen molar-refractivity contribution in [1.29, 1.82) is 0 Å². The molecule has 1 atom stereocenters. The van der Waals surface area contributed by atoms with Crippen LogP contribution in [0.25, 0.3) is 10.9 Å². The lowest BCUT2D eigenvalue weighted by Gasteiger charge is -2.34. The Morgan fingerprint density at radius 1 is 1.00 bits per heavy atom. The number of hydrogen-bond acceptors (Lipinski definition) is 6. The highest BCUT2D eigenvalue weighted by molar-refractivity contribution is 5.89. The Balaban J connectivity index is 1.57. The lowest BCUT2D eigenvalue weighted by molar-refractivity contribution is 0.525. The fourth-order valence-electron chi connectivity index (χ4n) is 3.09. The molecule has 3 heterocycles. The number of piperidine rings is 1. The molecule has 3 aromatic rings. The number of nitrogens with one attached hydrogen (secondary N) is 1. The SMILES string of the molecule is c1cnc(NC2CCCN(c3ncnc4ccccc34)C2)nc1. The molecular weight excluding hydrogens is 288 g/mol. The fraction of sp³-hybridized carbons (Fsp3) is 0.294. The van der Waals surface area contributed by atoms with Gasteiger partial charge in [0.2, 0.25) is 5.95 Å². The minimum Gasteiger partial charge on any atom is -0.354 e. The van der Waals surface area contributed by atoms with Crippen LogP contribution in [0.15, 0.2) is 49.1 Å². The van der Waals surface area contributed by atoms with Crippen LogP contribution >= 0.6 is 0 Å². The maximum absolute atomic E-state index is 4.53. The van der Waals surface area contributed by atoms with Gasteiger partial charge in [-0.1, -0.05) is 12.1 Å². The van der Waals surface area contributed by atoms with Crippen molar-refractivity contribution in [1.82, 2.24) is 19.9 Å². The van der Waals surface area contributed by atoms with Gasteiger partial charge in [-0.25, -0.2) is 19.9 Å². The molecule has 6 heteroatoms. The third-order valence-corrected chi connectivity index (χ3v) is 4.14. The molecule has 2 aromatic heterocycles. The molecule has 1 aliphatic heterocycles. The van der Waals surface area contributed by atoms with Crippen molar-refractivity contribution in [3.05, 3.63) is 49.1 Å². The van der Waals surface area contributed by atoms with Crippen LogP contribution in [0.5, 0.6) is 0 Å². The minimum absolute atomic E-state index is 0.319. The fourth-order valence-corrected chi connectivity index (χ4v) is 3.09. The van der Waals surface area contributed by atoms with Crippen LogP contribution in [0.2, 0.25) is 0 Å². The van der Waals surface area contributed by atoms with Crippen LogP contribution in [0.1, 0.15) is 12.8 Å². The Kier molecular flexibility index (Phi) is 3.71. The molecule has 1 N–H and O–H groups in total. The molecule has 0 aliphatic carbocycles. The second-order valence-electron chi connectivity index (χ2n) is 5.72. The minimum atomic E-state index is 0.319. The van der Waals surface area contributed by atoms with Crippen LogP contribution in [-0.4, -0.2) is 39.1 Å². The smallest absolute Gasteiger partial charge is 0.222 e. The number of nitrogens with zero attached hydrogens (tertiary/aromatic N) is 5. The first kappa shape index (κ1) is 13.9. The van der Waals surface area contributed by atoms with E-state index in [9.17, 15) is 0 Å². The van der Waals surface area contributed by atoms with E-state index in [1.54, 1.807) is 18.7 Å². The number of aromatic nitrogens is 4. The van der Waals surface area contributed by atoms with Gasteiger partial charge in [0.25, 0.3) is 0 Å². The molecule has 1 aromatic carbocycles. The molecule has 6 nitrogen and oxygen atoms in total. The van der Waals surface area contributed by atoms with Crippen molar-refractivity contribution in [2.24, 2.45) is 0 Å². The van der Waals surface area contributed by atoms with E-state index in [1.165, 1.54) is 0 Å². The summed E-state index contributed by atoms with van der Waals surface area (Å²) in [5.74, 6) is 1.70. The van der Waals surface area contributed by atoms with E-state index in [-0.39, 0.29) is 0 Å². The van der Waals surface area contributed by atoms with Crippen LogP contribution in [-0.2, 0) is 0 Å². The summed E-state index contributed by atoms with van der Waals surface area (Å²) in [6.45, 7) is 1.90. The molecule has 116 valence electrons. The Bertz CT molecular complexity index is 786. The highest BCUT2D eigenvalue weighted by Crippen LogP contribution is 2.25. The second kappa shape index (κ2) is 6.16. The quantitative estimate of drug-likeness (QED) is 0.802. The zero-order chi connectivity index (χ0) is 15.5. The largest absolute Gasteiger partial charge is 0.354 e. The predicted molar refractivity (Wildman–Crippen MR) is 90.4 cm³/mol. The Hall–Kier alpha value is -2.76. The maximum atomic E-state index is 4.53. The molecule has 0 amide bonds. The summed E-state index contributed by atoms with van der Waals surface area (Å²) >= 11 is 0. The molecule has 0 saturated carbocycles. The van der Waals surface area contributed by atoms with E-state index in [0.29, 0.717) is 12.0 Å². The number of rotatable bonds is 3. The topological polar surface area (TPSA) is 66.8 Å². The summed E-state index contributed by atoms with van der Waals surface area (Å²) in [6, 6.07) is 10.3. The highest BCUT2D eigenvalue weighted by Gasteiger charge is 2.22. The molecule has 4 rings (SSSR count). The van der Waals surface area contributed by atoms with Gasteiger partial charge in [0.05, 0.1) is 5.52 Å². The van der Waals surface area contributed by atoms with Crippen molar-refractivity contribution in [2.75, 3.05) is 23.3 Å². The van der Waals surface area contributed by atoms with Gasteiger partial charge in [0.1, 0.15) is 12.1 Å². The molecule has 0 spiro atoms. The lowest BCUT2D eigenvalue weighted by atomic mass is 10.1. The Morgan fingerprint density at radius 2 is 1.87 bits per heavy atom. The number of para-hydroxylation sites is 1. The molecule has 0 radical (unpaired) electrons. The van der Waals surface area contributed by atoms with E-state index in [0.717, 1.165) is 42.7 Å². The molecule has 1 fully saturated rings. The number of fused-ring (bicyclic) bond motifs is 1. The van der Waals surface area contributed by atoms with Gasteiger partial charge in [-0.2, -0.15) is 0 Å². The summed E-state index contributed by atoms with van der Waals surface area (Å²) in [5, 5.41) is 4.52. The van der Waals surface area contributed by atoms with Crippen molar-refractivity contribution < 1.29 is 0 Å². The lowest BCUT2D eigenvalue weighted by Crippen LogP contribution is -2.42. The number of benzene rings is 1. The van der Waals surface area contributed by atoms with Crippen molar-refractivity contribution in [3.8, 4) is 0 Å². The predicted octanol–water partition coefficient (Wildman–Crippen LogP) is 2.50. The van der Waals surface area contributed by atoms with Gasteiger partial charge in [-0.3, -0.25) is 0 Å². The first-order chi connectivity index (χ1) is 11.4.